The van der Waals surface area contributed by atoms with Crippen LogP contribution in [0.5, 0.6) is 5.75 Å². The van der Waals surface area contributed by atoms with E-state index in [1.807, 2.05) is 29.6 Å². The van der Waals surface area contributed by atoms with Gasteiger partial charge in [-0.25, -0.2) is 13.4 Å². The second-order valence-corrected chi connectivity index (χ2v) is 9.97. The zero-order valence-corrected chi connectivity index (χ0v) is 19.6. The van der Waals surface area contributed by atoms with E-state index in [0.717, 1.165) is 16.9 Å². The largest absolute Gasteiger partial charge is 0.497 e. The Labute approximate surface area is 196 Å². The monoisotopic (exact) mass is 485 g/mol. The van der Waals surface area contributed by atoms with Crippen molar-refractivity contribution in [3.63, 3.8) is 0 Å². The van der Waals surface area contributed by atoms with Crippen LogP contribution in [0.1, 0.15) is 5.56 Å². The molecule has 1 saturated heterocycles. The molecule has 0 radical (unpaired) electrons. The Morgan fingerprint density at radius 1 is 1.12 bits per heavy atom. The number of anilines is 1. The molecule has 1 aromatic heterocycles. The van der Waals surface area contributed by atoms with E-state index in [9.17, 15) is 13.2 Å². The number of sulfonamides is 1. The molecule has 0 saturated carbocycles. The van der Waals surface area contributed by atoms with Crippen molar-refractivity contribution in [1.29, 1.82) is 0 Å². The van der Waals surface area contributed by atoms with Crippen LogP contribution < -0.4 is 10.1 Å². The standard InChI is InChI=1S/C23H23N3O5S2/c1-30-19-7-2-17(3-8-19)4-11-22(27)25-23-24-21(16-32-23)18-5-9-20(10-6-18)33(28,29)26-12-14-31-15-13-26/h2-11,16H,12-15H2,1H3,(H,24,25,27)/b11-4+. The molecule has 0 atom stereocenters. The number of carbonyl (C=O) groups excluding carboxylic acids is 1. The zero-order valence-electron chi connectivity index (χ0n) is 17.9. The number of thiazole rings is 1. The van der Waals surface area contributed by atoms with Gasteiger partial charge in [0.2, 0.25) is 15.9 Å². The van der Waals surface area contributed by atoms with Gasteiger partial charge in [-0.1, -0.05) is 24.3 Å². The van der Waals surface area contributed by atoms with Crippen LogP contribution in [-0.2, 0) is 19.6 Å². The zero-order chi connectivity index (χ0) is 23.3. The Morgan fingerprint density at radius 2 is 1.82 bits per heavy atom. The molecule has 0 spiro atoms. The summed E-state index contributed by atoms with van der Waals surface area (Å²) in [6.45, 7) is 1.51. The molecular formula is C23H23N3O5S2. The second-order valence-electron chi connectivity index (χ2n) is 7.17. The number of ether oxygens (including phenoxy) is 2. The molecule has 0 bridgehead atoms. The van der Waals surface area contributed by atoms with Crippen molar-refractivity contribution in [1.82, 2.24) is 9.29 Å². The summed E-state index contributed by atoms with van der Waals surface area (Å²) in [5.41, 5.74) is 2.30. The minimum Gasteiger partial charge on any atom is -0.497 e. The molecule has 172 valence electrons. The molecule has 1 amide bonds. The average Bonchev–Trinajstić information content (AvgIpc) is 3.32. The lowest BCUT2D eigenvalue weighted by molar-refractivity contribution is -0.111. The van der Waals surface area contributed by atoms with Gasteiger partial charge in [-0.3, -0.25) is 10.1 Å². The van der Waals surface area contributed by atoms with Crippen LogP contribution in [-0.4, -0.2) is 57.0 Å². The number of rotatable bonds is 7. The van der Waals surface area contributed by atoms with Crippen molar-refractivity contribution in [2.75, 3.05) is 38.7 Å². The first-order chi connectivity index (χ1) is 16.0. The molecule has 33 heavy (non-hydrogen) atoms. The fourth-order valence-corrected chi connectivity index (χ4v) is 5.36. The summed E-state index contributed by atoms with van der Waals surface area (Å²) >= 11 is 1.30. The van der Waals surface area contributed by atoms with Crippen LogP contribution in [0.25, 0.3) is 17.3 Å². The van der Waals surface area contributed by atoms with Gasteiger partial charge in [0.15, 0.2) is 5.13 Å². The number of amides is 1. The summed E-state index contributed by atoms with van der Waals surface area (Å²) in [5.74, 6) is 0.456. The van der Waals surface area contributed by atoms with Crippen molar-refractivity contribution in [2.24, 2.45) is 0 Å². The van der Waals surface area contributed by atoms with Gasteiger partial charge in [0.05, 0.1) is 30.9 Å². The Kier molecular flexibility index (Phi) is 7.19. The van der Waals surface area contributed by atoms with Crippen molar-refractivity contribution >= 4 is 38.5 Å². The number of morpholine rings is 1. The first-order valence-corrected chi connectivity index (χ1v) is 12.5. The Morgan fingerprint density at radius 3 is 2.48 bits per heavy atom. The maximum atomic E-state index is 12.8. The normalized spacial score (nSPS) is 14.9. The molecule has 1 aliphatic rings. The van der Waals surface area contributed by atoms with Crippen LogP contribution in [0.3, 0.4) is 0 Å². The molecule has 1 aliphatic heterocycles. The average molecular weight is 486 g/mol. The summed E-state index contributed by atoms with van der Waals surface area (Å²) in [6, 6.07) is 13.9. The van der Waals surface area contributed by atoms with Crippen LogP contribution >= 0.6 is 11.3 Å². The molecule has 2 heterocycles. The van der Waals surface area contributed by atoms with Crippen LogP contribution in [0.15, 0.2) is 64.9 Å². The lowest BCUT2D eigenvalue weighted by atomic mass is 10.2. The highest BCUT2D eigenvalue weighted by Gasteiger charge is 2.26. The van der Waals surface area contributed by atoms with Gasteiger partial charge < -0.3 is 9.47 Å². The number of nitrogens with zero attached hydrogens (tertiary/aromatic N) is 2. The van der Waals surface area contributed by atoms with Gasteiger partial charge in [-0.15, -0.1) is 11.3 Å². The molecule has 2 aromatic carbocycles. The third-order valence-corrected chi connectivity index (χ3v) is 7.71. The number of carbonyl (C=O) groups is 1. The van der Waals surface area contributed by atoms with E-state index in [-0.39, 0.29) is 10.8 Å². The van der Waals surface area contributed by atoms with Gasteiger partial charge >= 0.3 is 0 Å². The SMILES string of the molecule is COc1ccc(/C=C/C(=O)Nc2nc(-c3ccc(S(=O)(=O)N4CCOCC4)cc3)cs2)cc1. The Hall–Kier alpha value is -3.05. The minimum atomic E-state index is -3.54. The number of hydrogen-bond acceptors (Lipinski definition) is 7. The molecule has 1 N–H and O–H groups in total. The van der Waals surface area contributed by atoms with E-state index in [1.165, 1.54) is 21.7 Å². The smallest absolute Gasteiger partial charge is 0.250 e. The van der Waals surface area contributed by atoms with Crippen molar-refractivity contribution in [2.45, 2.75) is 4.90 Å². The van der Waals surface area contributed by atoms with Crippen LogP contribution in [0, 0.1) is 0 Å². The highest BCUT2D eigenvalue weighted by Crippen LogP contribution is 2.27. The Bertz CT molecular complexity index is 1230. The van der Waals surface area contributed by atoms with E-state index >= 15 is 0 Å². The third-order valence-electron chi connectivity index (χ3n) is 5.04. The predicted octanol–water partition coefficient (Wildman–Crippen LogP) is 3.49. The molecule has 4 rings (SSSR count). The first kappa shape index (κ1) is 23.1. The summed E-state index contributed by atoms with van der Waals surface area (Å²) in [7, 11) is -1.94. The van der Waals surface area contributed by atoms with Crippen molar-refractivity contribution < 1.29 is 22.7 Å². The number of aromatic nitrogens is 1. The number of nitrogens with one attached hydrogen (secondary N) is 1. The predicted molar refractivity (Wildman–Crippen MR) is 128 cm³/mol. The summed E-state index contributed by atoms with van der Waals surface area (Å²) in [5, 5.41) is 5.02. The number of hydrogen-bond donors (Lipinski definition) is 1. The van der Waals surface area contributed by atoms with E-state index in [1.54, 1.807) is 37.5 Å². The van der Waals surface area contributed by atoms with Crippen molar-refractivity contribution in [3.05, 3.63) is 65.6 Å². The molecule has 0 aliphatic carbocycles. The third kappa shape index (κ3) is 5.66. The van der Waals surface area contributed by atoms with E-state index in [4.69, 9.17) is 9.47 Å². The van der Waals surface area contributed by atoms with Crippen LogP contribution in [0.2, 0.25) is 0 Å². The quantitative estimate of drug-likeness (QED) is 0.515. The molecule has 3 aromatic rings. The fraction of sp³-hybridized carbons (Fsp3) is 0.217. The van der Waals surface area contributed by atoms with Crippen molar-refractivity contribution in [3.8, 4) is 17.0 Å². The maximum absolute atomic E-state index is 12.8. The second kappa shape index (κ2) is 10.3. The molecule has 10 heteroatoms. The van der Waals surface area contributed by atoms with Gasteiger partial charge in [-0.05, 0) is 35.9 Å². The van der Waals surface area contributed by atoms with Crippen LogP contribution in [0.4, 0.5) is 5.13 Å². The molecule has 0 unspecified atom stereocenters. The maximum Gasteiger partial charge on any atom is 0.250 e. The van der Waals surface area contributed by atoms with E-state index in [2.05, 4.69) is 10.3 Å². The lowest BCUT2D eigenvalue weighted by Crippen LogP contribution is -2.40. The summed E-state index contributed by atoms with van der Waals surface area (Å²) in [6.07, 6.45) is 3.14. The number of methoxy groups -OCH3 is 1. The highest BCUT2D eigenvalue weighted by atomic mass is 32.2. The minimum absolute atomic E-state index is 0.237. The fourth-order valence-electron chi connectivity index (χ4n) is 3.23. The highest BCUT2D eigenvalue weighted by molar-refractivity contribution is 7.89. The topological polar surface area (TPSA) is 97.8 Å². The van der Waals surface area contributed by atoms with E-state index < -0.39 is 10.0 Å². The lowest BCUT2D eigenvalue weighted by Gasteiger charge is -2.26. The van der Waals surface area contributed by atoms with E-state index in [0.29, 0.717) is 37.1 Å². The van der Waals surface area contributed by atoms with Gasteiger partial charge in [0, 0.05) is 30.1 Å². The summed E-state index contributed by atoms with van der Waals surface area (Å²) in [4.78, 5) is 16.9. The summed E-state index contributed by atoms with van der Waals surface area (Å²) < 4.78 is 37.3. The van der Waals surface area contributed by atoms with Gasteiger partial charge in [-0.2, -0.15) is 4.31 Å². The Balaban J connectivity index is 1.39. The molecule has 1 fully saturated rings. The van der Waals surface area contributed by atoms with Gasteiger partial charge in [0.1, 0.15) is 5.75 Å². The molecular weight excluding hydrogens is 462 g/mol. The number of benzene rings is 2. The first-order valence-electron chi connectivity index (χ1n) is 10.2. The molecule has 8 nitrogen and oxygen atoms in total. The van der Waals surface area contributed by atoms with Gasteiger partial charge in [0.25, 0.3) is 0 Å².